The number of rotatable bonds is 13. The number of carboxylic acid groups (broad SMARTS) is 2. The van der Waals surface area contributed by atoms with E-state index in [0.29, 0.717) is 53.6 Å². The molecule has 2 aromatic heterocycles. The Morgan fingerprint density at radius 3 is 2.07 bits per heavy atom. The average molecular weight is 866 g/mol. The van der Waals surface area contributed by atoms with E-state index in [-0.39, 0.29) is 27.1 Å². The van der Waals surface area contributed by atoms with E-state index in [1.54, 1.807) is 48.8 Å². The topological polar surface area (TPSA) is 165 Å². The number of carboxylic acids is 2. The highest BCUT2D eigenvalue weighted by Gasteiger charge is 2.57. The SMILES string of the molecule is O=C(Nc1cccc(-c2cccc(NC(=O)c3cc(C4CC4)c(CN4CCCCC4C(=O)O)cn3)c2Cl)c1Cl)c1cc2c(cn1)CN(CCC13CCC(C(=O)O)(CC1)C3)CC2. The molecule has 318 valence electrons. The van der Waals surface area contributed by atoms with E-state index >= 15 is 0 Å². The second kappa shape index (κ2) is 16.8. The number of benzene rings is 2. The van der Waals surface area contributed by atoms with Gasteiger partial charge in [-0.1, -0.05) is 53.9 Å². The predicted molar refractivity (Wildman–Crippen MR) is 233 cm³/mol. The van der Waals surface area contributed by atoms with Gasteiger partial charge in [0, 0.05) is 43.2 Å². The van der Waals surface area contributed by atoms with Gasteiger partial charge in [-0.25, -0.2) is 0 Å². The molecule has 2 aliphatic heterocycles. The van der Waals surface area contributed by atoms with Crippen molar-refractivity contribution in [2.45, 2.75) is 102 Å². The van der Waals surface area contributed by atoms with E-state index < -0.39 is 29.3 Å². The van der Waals surface area contributed by atoms with Crippen LogP contribution in [0.2, 0.25) is 10.0 Å². The monoisotopic (exact) mass is 864 g/mol. The van der Waals surface area contributed by atoms with Crippen LogP contribution in [0.15, 0.2) is 60.9 Å². The van der Waals surface area contributed by atoms with Crippen LogP contribution in [0.5, 0.6) is 0 Å². The number of piperidine rings is 1. The summed E-state index contributed by atoms with van der Waals surface area (Å²) in [6.45, 7) is 3.74. The molecule has 14 heteroatoms. The smallest absolute Gasteiger partial charge is 0.320 e. The van der Waals surface area contributed by atoms with Crippen molar-refractivity contribution in [1.29, 1.82) is 0 Å². The minimum Gasteiger partial charge on any atom is -0.481 e. The molecule has 3 saturated carbocycles. The Labute approximate surface area is 365 Å². The fraction of sp³-hybridized carbons (Fsp3) is 0.447. The van der Waals surface area contributed by atoms with Gasteiger partial charge in [-0.3, -0.25) is 38.9 Å². The van der Waals surface area contributed by atoms with E-state index in [4.69, 9.17) is 23.2 Å². The van der Waals surface area contributed by atoms with Gasteiger partial charge in [0.25, 0.3) is 11.8 Å². The Morgan fingerprint density at radius 1 is 0.787 bits per heavy atom. The van der Waals surface area contributed by atoms with Crippen LogP contribution >= 0.6 is 23.2 Å². The van der Waals surface area contributed by atoms with Gasteiger partial charge < -0.3 is 20.8 Å². The van der Waals surface area contributed by atoms with Gasteiger partial charge in [-0.2, -0.15) is 0 Å². The number of anilines is 2. The van der Waals surface area contributed by atoms with Gasteiger partial charge in [0.1, 0.15) is 17.4 Å². The Bertz CT molecular complexity index is 2410. The fourth-order valence-corrected chi connectivity index (χ4v) is 11.0. The number of nitrogens with one attached hydrogen (secondary N) is 2. The number of amides is 2. The van der Waals surface area contributed by atoms with Crippen LogP contribution in [0.3, 0.4) is 0 Å². The molecule has 2 amide bonds. The van der Waals surface area contributed by atoms with Crippen LogP contribution in [0.1, 0.15) is 120 Å². The maximum absolute atomic E-state index is 13.6. The number of aliphatic carboxylic acids is 2. The summed E-state index contributed by atoms with van der Waals surface area (Å²) >= 11 is 13.9. The molecule has 1 atom stereocenters. The lowest BCUT2D eigenvalue weighted by molar-refractivity contribution is -0.148. The van der Waals surface area contributed by atoms with Gasteiger partial charge in [0.2, 0.25) is 0 Å². The average Bonchev–Trinajstić information content (AvgIpc) is 3.94. The fourth-order valence-electron chi connectivity index (χ4n) is 10.4. The number of halogens is 2. The van der Waals surface area contributed by atoms with Crippen LogP contribution < -0.4 is 10.6 Å². The first-order valence-electron chi connectivity index (χ1n) is 21.5. The van der Waals surface area contributed by atoms with Gasteiger partial charge in [-0.15, -0.1) is 0 Å². The van der Waals surface area contributed by atoms with Crippen molar-refractivity contribution in [3.8, 4) is 11.1 Å². The van der Waals surface area contributed by atoms with Crippen molar-refractivity contribution in [1.82, 2.24) is 19.8 Å². The first-order chi connectivity index (χ1) is 29.4. The lowest BCUT2D eigenvalue weighted by atomic mass is 9.80. The van der Waals surface area contributed by atoms with Crippen molar-refractivity contribution in [2.75, 3.05) is 30.3 Å². The van der Waals surface area contributed by atoms with Crippen molar-refractivity contribution in [3.63, 3.8) is 0 Å². The van der Waals surface area contributed by atoms with Crippen molar-refractivity contribution < 1.29 is 29.4 Å². The summed E-state index contributed by atoms with van der Waals surface area (Å²) in [7, 11) is 0. The van der Waals surface area contributed by atoms with Crippen LogP contribution in [-0.4, -0.2) is 79.4 Å². The molecule has 0 radical (unpaired) electrons. The number of hydrogen-bond acceptors (Lipinski definition) is 8. The Balaban J connectivity index is 0.847. The molecule has 9 rings (SSSR count). The third-order valence-corrected chi connectivity index (χ3v) is 14.9. The highest BCUT2D eigenvalue weighted by atomic mass is 35.5. The molecule has 4 fully saturated rings. The summed E-state index contributed by atoms with van der Waals surface area (Å²) in [5, 5.41) is 26.0. The summed E-state index contributed by atoms with van der Waals surface area (Å²) < 4.78 is 0. The van der Waals surface area contributed by atoms with Crippen molar-refractivity contribution in [2.24, 2.45) is 10.8 Å². The minimum absolute atomic E-state index is 0.151. The molecule has 12 nitrogen and oxygen atoms in total. The maximum Gasteiger partial charge on any atom is 0.320 e. The summed E-state index contributed by atoms with van der Waals surface area (Å²) in [6, 6.07) is 13.7. The van der Waals surface area contributed by atoms with Gasteiger partial charge >= 0.3 is 11.9 Å². The van der Waals surface area contributed by atoms with E-state index in [0.717, 1.165) is 113 Å². The number of hydrogen-bond donors (Lipinski definition) is 4. The van der Waals surface area contributed by atoms with Crippen LogP contribution in [0, 0.1) is 10.8 Å². The molecule has 61 heavy (non-hydrogen) atoms. The molecule has 4 aromatic rings. The highest BCUT2D eigenvalue weighted by molar-refractivity contribution is 6.40. The molecule has 2 bridgehead atoms. The molecule has 1 saturated heterocycles. The summed E-state index contributed by atoms with van der Waals surface area (Å²) in [5.74, 6) is -1.92. The Kier molecular flexibility index (Phi) is 11.4. The zero-order chi connectivity index (χ0) is 42.5. The molecular weight excluding hydrogens is 815 g/mol. The normalized spacial score (nSPS) is 23.7. The van der Waals surface area contributed by atoms with Crippen LogP contribution in [0.25, 0.3) is 11.1 Å². The third-order valence-electron chi connectivity index (χ3n) is 14.1. The number of aromatic nitrogens is 2. The number of nitrogens with zero attached hydrogens (tertiary/aromatic N) is 4. The van der Waals surface area contributed by atoms with Crippen LogP contribution in [0.4, 0.5) is 11.4 Å². The van der Waals surface area contributed by atoms with Gasteiger partial charge in [-0.05, 0) is 142 Å². The molecule has 3 aliphatic carbocycles. The van der Waals surface area contributed by atoms with Gasteiger partial charge in [0.15, 0.2) is 0 Å². The number of fused-ring (bicyclic) bond motifs is 3. The van der Waals surface area contributed by atoms with Crippen LogP contribution in [-0.2, 0) is 29.1 Å². The number of carbonyl (C=O) groups excluding carboxylic acids is 2. The first-order valence-corrected chi connectivity index (χ1v) is 22.3. The van der Waals surface area contributed by atoms with Crippen molar-refractivity contribution in [3.05, 3.63) is 105 Å². The Morgan fingerprint density at radius 2 is 1.44 bits per heavy atom. The summed E-state index contributed by atoms with van der Waals surface area (Å²) in [6.07, 6.45) is 14.2. The van der Waals surface area contributed by atoms with E-state index in [2.05, 4.69) is 25.5 Å². The zero-order valence-corrected chi connectivity index (χ0v) is 35.5. The molecule has 0 spiro atoms. The lowest BCUT2D eigenvalue weighted by Gasteiger charge is -2.33. The number of carbonyl (C=O) groups is 4. The molecule has 5 aliphatic rings. The highest BCUT2D eigenvalue weighted by Crippen LogP contribution is 2.63. The maximum atomic E-state index is 13.6. The quantitative estimate of drug-likeness (QED) is 0.102. The molecular formula is C47H50Cl2N6O6. The summed E-state index contributed by atoms with van der Waals surface area (Å²) in [4.78, 5) is 64.6. The first kappa shape index (κ1) is 41.5. The zero-order valence-electron chi connectivity index (χ0n) is 34.0. The molecule has 4 heterocycles. The second-order valence-electron chi connectivity index (χ2n) is 18.0. The Hall–Kier alpha value is -4.88. The largest absolute Gasteiger partial charge is 0.481 e. The number of pyridine rings is 2. The van der Waals surface area contributed by atoms with E-state index in [9.17, 15) is 29.4 Å². The molecule has 1 unspecified atom stereocenters. The van der Waals surface area contributed by atoms with E-state index in [1.165, 1.54) is 0 Å². The molecule has 2 aromatic carbocycles. The van der Waals surface area contributed by atoms with Gasteiger partial charge in [0.05, 0.1) is 26.8 Å². The van der Waals surface area contributed by atoms with Crippen molar-refractivity contribution >= 4 is 58.3 Å². The van der Waals surface area contributed by atoms with E-state index in [1.807, 2.05) is 17.0 Å². The predicted octanol–water partition coefficient (Wildman–Crippen LogP) is 9.05. The number of likely N-dealkylation sites (tertiary alicyclic amines) is 1. The minimum atomic E-state index is -0.804. The standard InChI is InChI=1S/C47H50Cl2N6O6/c48-40-32(33-6-4-8-36(41(33)49)53-43(57)38-22-34(28-10-11-28)31(24-51-38)26-55-18-2-1-9-39(55)44(58)59)5-3-7-35(40)52-42(56)37-21-29-12-19-54(25-30(29)23-50-37)20-17-46-13-15-47(27-46,16-14-46)45(60)61/h3-8,21-24,28,39H,1-2,9-20,25-27H2,(H,52,56)(H,53,57)(H,58,59)(H,60,61). The third kappa shape index (κ3) is 8.39. The second-order valence-corrected chi connectivity index (χ2v) is 18.7. The molecule has 4 N–H and O–H groups in total. The summed E-state index contributed by atoms with van der Waals surface area (Å²) in [5.41, 5.74) is 6.27. The lowest BCUT2D eigenvalue weighted by Crippen LogP contribution is -2.44.